The molecule has 0 aliphatic rings. The van der Waals surface area contributed by atoms with E-state index in [4.69, 9.17) is 8.85 Å². The van der Waals surface area contributed by atoms with E-state index in [0.717, 1.165) is 9.79 Å². The predicted octanol–water partition coefficient (Wildman–Crippen LogP) is 10.1. The summed E-state index contributed by atoms with van der Waals surface area (Å²) in [4.78, 5) is 30.7. The molecule has 6 aromatic carbocycles. The molecule has 0 unspecified atom stereocenters. The highest BCUT2D eigenvalue weighted by atomic mass is 32.2. The minimum atomic E-state index is -2.83. The standard InChI is InChI=1S/C50H58O4SSi4/c1-49(2,53-58(56(5,6)7,43-23-15-11-16-24-43)44-25-17-12-18-26-44)47(51)39-31-35-41(36-32-39)55-42-37-33-40(34-38-42)48(52)50(3,4)54-59(57(8,9)10,45-27-19-13-20-28-45)46-29-21-14-22-30-46/h11-38H,1-10H3. The number of Topliss-reactive ketones (excluding diaryl/α,β-unsaturated/α-hetero) is 2. The maximum absolute atomic E-state index is 14.4. The number of carbonyl (C=O) groups is 2. The first-order chi connectivity index (χ1) is 27.8. The summed E-state index contributed by atoms with van der Waals surface area (Å²) in [7, 11) is -9.79. The van der Waals surface area contributed by atoms with Crippen molar-refractivity contribution in [1.29, 1.82) is 0 Å². The van der Waals surface area contributed by atoms with E-state index in [-0.39, 0.29) is 11.6 Å². The molecule has 0 bridgehead atoms. The van der Waals surface area contributed by atoms with Crippen molar-refractivity contribution in [1.82, 2.24) is 0 Å². The van der Waals surface area contributed by atoms with Gasteiger partial charge < -0.3 is 8.85 Å². The molecule has 59 heavy (non-hydrogen) atoms. The molecular weight excluding hydrogens is 809 g/mol. The average molecular weight is 867 g/mol. The molecule has 0 aliphatic carbocycles. The van der Waals surface area contributed by atoms with E-state index < -0.39 is 42.1 Å². The van der Waals surface area contributed by atoms with Gasteiger partial charge in [-0.1, -0.05) is 197 Å². The molecule has 0 spiro atoms. The van der Waals surface area contributed by atoms with Crippen LogP contribution < -0.4 is 20.7 Å². The van der Waals surface area contributed by atoms with Crippen molar-refractivity contribution in [3.63, 3.8) is 0 Å². The first-order valence-corrected chi connectivity index (χ1v) is 34.1. The van der Waals surface area contributed by atoms with Gasteiger partial charge in [0, 0.05) is 20.9 Å². The summed E-state index contributed by atoms with van der Waals surface area (Å²) in [6.45, 7) is 21.9. The van der Waals surface area contributed by atoms with Crippen molar-refractivity contribution in [2.75, 3.05) is 0 Å². The maximum Gasteiger partial charge on any atom is 0.241 e. The smallest absolute Gasteiger partial charge is 0.241 e. The highest BCUT2D eigenvalue weighted by Crippen LogP contribution is 2.33. The molecular formula is C50H58O4SSi4. The summed E-state index contributed by atoms with van der Waals surface area (Å²) in [5.74, 6) is -0.0751. The molecule has 0 atom stereocenters. The van der Waals surface area contributed by atoms with Gasteiger partial charge >= 0.3 is 0 Å². The molecule has 4 nitrogen and oxygen atoms in total. The van der Waals surface area contributed by atoms with Gasteiger partial charge in [-0.2, -0.15) is 0 Å². The average Bonchev–Trinajstić information content (AvgIpc) is 3.22. The Kier molecular flexibility index (Phi) is 13.1. The van der Waals surface area contributed by atoms with Crippen molar-refractivity contribution in [2.24, 2.45) is 0 Å². The fourth-order valence-electron chi connectivity index (χ4n) is 8.34. The summed E-state index contributed by atoms with van der Waals surface area (Å²) in [5.41, 5.74) is -0.893. The summed E-state index contributed by atoms with van der Waals surface area (Å²) in [5, 5.41) is 4.79. The van der Waals surface area contributed by atoms with Crippen LogP contribution in [0.3, 0.4) is 0 Å². The van der Waals surface area contributed by atoms with Gasteiger partial charge in [0.05, 0.1) is 15.2 Å². The van der Waals surface area contributed by atoms with E-state index >= 15 is 0 Å². The van der Waals surface area contributed by atoms with Gasteiger partial charge in [0.1, 0.15) is 11.2 Å². The van der Waals surface area contributed by atoms with Crippen molar-refractivity contribution >= 4 is 74.9 Å². The van der Waals surface area contributed by atoms with Crippen LogP contribution in [0.25, 0.3) is 0 Å². The molecule has 6 aromatic rings. The highest BCUT2D eigenvalue weighted by Gasteiger charge is 2.56. The number of carbonyl (C=O) groups excluding carboxylic acids is 2. The van der Waals surface area contributed by atoms with Crippen LogP contribution in [0.2, 0.25) is 39.3 Å². The number of benzene rings is 6. The lowest BCUT2D eigenvalue weighted by Gasteiger charge is -2.46. The largest absolute Gasteiger partial charge is 0.398 e. The van der Waals surface area contributed by atoms with Gasteiger partial charge in [0.15, 0.2) is 11.6 Å². The molecule has 0 N–H and O–H groups in total. The zero-order chi connectivity index (χ0) is 42.7. The van der Waals surface area contributed by atoms with Gasteiger partial charge in [-0.25, -0.2) is 0 Å². The second kappa shape index (κ2) is 17.4. The molecule has 0 fully saturated rings. The Bertz CT molecular complexity index is 2090. The van der Waals surface area contributed by atoms with Crippen LogP contribution in [0, 0.1) is 0 Å². The molecule has 304 valence electrons. The van der Waals surface area contributed by atoms with E-state index in [1.54, 1.807) is 11.8 Å². The Morgan fingerprint density at radius 3 is 0.847 bits per heavy atom. The predicted molar refractivity (Wildman–Crippen MR) is 258 cm³/mol. The van der Waals surface area contributed by atoms with Crippen LogP contribution >= 0.6 is 11.8 Å². The Hall–Kier alpha value is -4.20. The topological polar surface area (TPSA) is 52.6 Å². The van der Waals surface area contributed by atoms with Gasteiger partial charge in [0.25, 0.3) is 0 Å². The van der Waals surface area contributed by atoms with E-state index in [2.05, 4.69) is 136 Å². The lowest BCUT2D eigenvalue weighted by molar-refractivity contribution is 0.0578. The number of hydrogen-bond donors (Lipinski definition) is 0. The Labute approximate surface area is 360 Å². The van der Waals surface area contributed by atoms with Crippen LogP contribution in [-0.2, 0) is 8.85 Å². The minimum absolute atomic E-state index is 0.0375. The lowest BCUT2D eigenvalue weighted by Crippen LogP contribution is -2.77. The van der Waals surface area contributed by atoms with Gasteiger partial charge in [-0.3, -0.25) is 9.59 Å². The second-order valence-corrected chi connectivity index (χ2v) is 47.2. The third-order valence-electron chi connectivity index (χ3n) is 11.2. The van der Waals surface area contributed by atoms with Crippen LogP contribution in [-0.4, -0.2) is 53.6 Å². The van der Waals surface area contributed by atoms with Gasteiger partial charge in [0.2, 0.25) is 15.7 Å². The fourth-order valence-corrected chi connectivity index (χ4v) is 34.5. The van der Waals surface area contributed by atoms with Crippen LogP contribution in [0.4, 0.5) is 0 Å². The zero-order valence-corrected chi connectivity index (χ0v) is 41.0. The van der Waals surface area contributed by atoms with E-state index in [1.165, 1.54) is 20.7 Å². The molecule has 0 saturated heterocycles. The molecule has 0 radical (unpaired) electrons. The Balaban J connectivity index is 1.20. The molecule has 6 rings (SSSR count). The van der Waals surface area contributed by atoms with E-state index in [0.29, 0.717) is 11.1 Å². The van der Waals surface area contributed by atoms with Crippen molar-refractivity contribution in [3.8, 4) is 0 Å². The zero-order valence-electron chi connectivity index (χ0n) is 36.2. The summed E-state index contributed by atoms with van der Waals surface area (Å²) >= 11 is 1.60. The van der Waals surface area contributed by atoms with E-state index in [9.17, 15) is 9.59 Å². The number of hydrogen-bond acceptors (Lipinski definition) is 5. The normalized spacial score (nSPS) is 12.9. The lowest BCUT2D eigenvalue weighted by atomic mass is 9.97. The molecule has 0 saturated carbocycles. The quantitative estimate of drug-likeness (QED) is 0.0717. The molecule has 0 heterocycles. The van der Waals surface area contributed by atoms with Crippen LogP contribution in [0.1, 0.15) is 48.4 Å². The Morgan fingerprint density at radius 1 is 0.390 bits per heavy atom. The summed E-state index contributed by atoms with van der Waals surface area (Å²) in [6.07, 6.45) is 0. The first-order valence-electron chi connectivity index (χ1n) is 20.4. The maximum atomic E-state index is 14.4. The highest BCUT2D eigenvalue weighted by molar-refractivity contribution is 7.99. The SMILES string of the molecule is CC(C)(O[Si](c1ccccc1)(c1ccccc1)[Si](C)(C)C)C(=O)c1ccc(Sc2ccc(C(=O)C(C)(C)O[Si](c3ccccc3)(c3ccccc3)[Si](C)(C)C)cc2)cc1. The Morgan fingerprint density at radius 2 is 0.627 bits per heavy atom. The van der Waals surface area contributed by atoms with Gasteiger partial charge in [-0.05, 0) is 72.7 Å². The minimum Gasteiger partial charge on any atom is -0.398 e. The van der Waals surface area contributed by atoms with Crippen molar-refractivity contribution < 1.29 is 18.4 Å². The third-order valence-corrected chi connectivity index (χ3v) is 39.4. The molecule has 0 aliphatic heterocycles. The van der Waals surface area contributed by atoms with Gasteiger partial charge in [-0.15, -0.1) is 0 Å². The monoisotopic (exact) mass is 866 g/mol. The summed E-state index contributed by atoms with van der Waals surface area (Å²) in [6, 6.07) is 57.8. The molecule has 9 heteroatoms. The summed E-state index contributed by atoms with van der Waals surface area (Å²) < 4.78 is 14.7. The molecule has 0 amide bonds. The first kappa shape index (κ1) is 44.4. The van der Waals surface area contributed by atoms with Crippen LogP contribution in [0.5, 0.6) is 0 Å². The number of rotatable bonds is 16. The molecule has 0 aromatic heterocycles. The fraction of sp³-hybridized carbons (Fsp3) is 0.240. The van der Waals surface area contributed by atoms with E-state index in [1.807, 2.05) is 100 Å². The number of ketones is 2. The third kappa shape index (κ3) is 9.12. The van der Waals surface area contributed by atoms with Crippen molar-refractivity contribution in [3.05, 3.63) is 181 Å². The van der Waals surface area contributed by atoms with Crippen LogP contribution in [0.15, 0.2) is 180 Å². The van der Waals surface area contributed by atoms with Crippen molar-refractivity contribution in [2.45, 2.75) is 88.0 Å². The second-order valence-electron chi connectivity index (χ2n) is 18.4.